The maximum atomic E-state index is 12.6. The van der Waals surface area contributed by atoms with Crippen LogP contribution < -0.4 is 5.32 Å². The molecule has 1 aromatic rings. The zero-order valence-electron chi connectivity index (χ0n) is 11.5. The molecule has 2 heterocycles. The monoisotopic (exact) mass is 260 g/mol. The maximum Gasteiger partial charge on any atom is 0.250 e. The SMILES string of the molecule is CC(C(=O)N(Cc1nccn1C)C1CC1)=C1CNC1. The molecule has 1 aliphatic carbocycles. The number of hydrogen-bond donors (Lipinski definition) is 1. The molecule has 0 radical (unpaired) electrons. The van der Waals surface area contributed by atoms with Gasteiger partial charge in [-0.25, -0.2) is 4.98 Å². The minimum Gasteiger partial charge on any atom is -0.337 e. The first-order valence-electron chi connectivity index (χ1n) is 6.83. The predicted molar refractivity (Wildman–Crippen MR) is 72.3 cm³/mol. The third-order valence-electron chi connectivity index (χ3n) is 4.01. The lowest BCUT2D eigenvalue weighted by Gasteiger charge is -2.27. The third-order valence-corrected chi connectivity index (χ3v) is 4.01. The number of nitrogens with one attached hydrogen (secondary N) is 1. The number of rotatable bonds is 4. The van der Waals surface area contributed by atoms with Crippen molar-refractivity contribution in [3.05, 3.63) is 29.4 Å². The van der Waals surface area contributed by atoms with E-state index in [2.05, 4.69) is 10.3 Å². The van der Waals surface area contributed by atoms with Gasteiger partial charge in [0.2, 0.25) is 5.91 Å². The average molecular weight is 260 g/mol. The Morgan fingerprint density at radius 3 is 2.74 bits per heavy atom. The van der Waals surface area contributed by atoms with Crippen LogP contribution in [0.5, 0.6) is 0 Å². The zero-order valence-corrected chi connectivity index (χ0v) is 11.5. The number of imidazole rings is 1. The summed E-state index contributed by atoms with van der Waals surface area (Å²) in [7, 11) is 1.97. The van der Waals surface area contributed by atoms with Gasteiger partial charge in [0.1, 0.15) is 5.82 Å². The van der Waals surface area contributed by atoms with Crippen LogP contribution in [0.1, 0.15) is 25.6 Å². The van der Waals surface area contributed by atoms with E-state index in [0.29, 0.717) is 12.6 Å². The topological polar surface area (TPSA) is 50.2 Å². The number of amides is 1. The summed E-state index contributed by atoms with van der Waals surface area (Å²) in [6.07, 6.45) is 5.95. The first kappa shape index (κ1) is 12.4. The molecule has 0 aromatic carbocycles. The van der Waals surface area contributed by atoms with Crippen LogP contribution in [0.3, 0.4) is 0 Å². The minimum absolute atomic E-state index is 0.182. The van der Waals surface area contributed by atoms with Crippen LogP contribution in [-0.2, 0) is 18.4 Å². The number of hydrogen-bond acceptors (Lipinski definition) is 3. The molecule has 2 aliphatic rings. The fourth-order valence-corrected chi connectivity index (χ4v) is 2.34. The maximum absolute atomic E-state index is 12.6. The Kier molecular flexibility index (Phi) is 3.14. The van der Waals surface area contributed by atoms with Crippen LogP contribution in [0.4, 0.5) is 0 Å². The molecule has 1 N–H and O–H groups in total. The van der Waals surface area contributed by atoms with Crippen LogP contribution >= 0.6 is 0 Å². The lowest BCUT2D eigenvalue weighted by molar-refractivity contribution is -0.128. The smallest absolute Gasteiger partial charge is 0.250 e. The van der Waals surface area contributed by atoms with Gasteiger partial charge in [0.15, 0.2) is 0 Å². The van der Waals surface area contributed by atoms with Gasteiger partial charge in [-0.15, -0.1) is 0 Å². The van der Waals surface area contributed by atoms with E-state index in [0.717, 1.165) is 37.3 Å². The summed E-state index contributed by atoms with van der Waals surface area (Å²) in [5.41, 5.74) is 2.16. The molecule has 5 nitrogen and oxygen atoms in total. The summed E-state index contributed by atoms with van der Waals surface area (Å²) in [5, 5.41) is 3.19. The highest BCUT2D eigenvalue weighted by Gasteiger charge is 2.34. The summed E-state index contributed by atoms with van der Waals surface area (Å²) in [5.74, 6) is 1.13. The lowest BCUT2D eigenvalue weighted by atomic mass is 10.0. The van der Waals surface area contributed by atoms with Gasteiger partial charge in [-0.05, 0) is 25.3 Å². The molecule has 19 heavy (non-hydrogen) atoms. The van der Waals surface area contributed by atoms with E-state index in [1.165, 1.54) is 5.57 Å². The van der Waals surface area contributed by atoms with Gasteiger partial charge in [-0.2, -0.15) is 0 Å². The standard InChI is InChI=1S/C14H20N4O/c1-10(11-7-15-8-11)14(19)18(12-3-4-12)9-13-16-5-6-17(13)2/h5-6,12,15H,3-4,7-9H2,1-2H3. The van der Waals surface area contributed by atoms with Gasteiger partial charge >= 0.3 is 0 Å². The van der Waals surface area contributed by atoms with E-state index in [9.17, 15) is 4.79 Å². The molecule has 3 rings (SSSR count). The second kappa shape index (κ2) is 4.81. The Balaban J connectivity index is 1.77. The first-order valence-corrected chi connectivity index (χ1v) is 6.83. The molecular weight excluding hydrogens is 240 g/mol. The van der Waals surface area contributed by atoms with E-state index in [4.69, 9.17) is 0 Å². The molecule has 1 amide bonds. The average Bonchev–Trinajstić information content (AvgIpc) is 3.08. The van der Waals surface area contributed by atoms with E-state index < -0.39 is 0 Å². The van der Waals surface area contributed by atoms with Gasteiger partial charge in [0.05, 0.1) is 6.54 Å². The van der Waals surface area contributed by atoms with Gasteiger partial charge in [-0.3, -0.25) is 4.79 Å². The van der Waals surface area contributed by atoms with E-state index in [1.807, 2.05) is 29.6 Å². The Hall–Kier alpha value is -1.62. The van der Waals surface area contributed by atoms with E-state index in [1.54, 1.807) is 6.20 Å². The normalized spacial score (nSPS) is 18.1. The van der Waals surface area contributed by atoms with Crippen molar-refractivity contribution >= 4 is 5.91 Å². The van der Waals surface area contributed by atoms with Crippen LogP contribution in [0.2, 0.25) is 0 Å². The Morgan fingerprint density at radius 1 is 1.53 bits per heavy atom. The molecule has 1 aromatic heterocycles. The molecule has 1 saturated heterocycles. The Bertz CT molecular complexity index is 521. The molecule has 1 aliphatic heterocycles. The molecule has 0 spiro atoms. The highest BCUT2D eigenvalue weighted by atomic mass is 16.2. The van der Waals surface area contributed by atoms with E-state index in [-0.39, 0.29) is 5.91 Å². The molecule has 0 bridgehead atoms. The number of aryl methyl sites for hydroxylation is 1. The van der Waals surface area contributed by atoms with Crippen molar-refractivity contribution in [3.63, 3.8) is 0 Å². The number of carbonyl (C=O) groups excluding carboxylic acids is 1. The van der Waals surface area contributed by atoms with Crippen molar-refractivity contribution in [1.82, 2.24) is 19.8 Å². The second-order valence-corrected chi connectivity index (χ2v) is 5.45. The predicted octanol–water partition coefficient (Wildman–Crippen LogP) is 0.831. The molecule has 1 saturated carbocycles. The molecule has 5 heteroatoms. The molecular formula is C14H20N4O. The van der Waals surface area contributed by atoms with Crippen molar-refractivity contribution in [3.8, 4) is 0 Å². The summed E-state index contributed by atoms with van der Waals surface area (Å²) >= 11 is 0. The summed E-state index contributed by atoms with van der Waals surface area (Å²) in [4.78, 5) is 18.9. The number of carbonyl (C=O) groups is 1. The van der Waals surface area contributed by atoms with Gasteiger partial charge in [-0.1, -0.05) is 0 Å². The Labute approximate surface area is 113 Å². The van der Waals surface area contributed by atoms with Crippen LogP contribution in [0, 0.1) is 0 Å². The zero-order chi connectivity index (χ0) is 13.4. The van der Waals surface area contributed by atoms with Crippen molar-refractivity contribution in [2.45, 2.75) is 32.4 Å². The molecule has 2 fully saturated rings. The summed E-state index contributed by atoms with van der Waals surface area (Å²) < 4.78 is 1.98. The Morgan fingerprint density at radius 2 is 2.26 bits per heavy atom. The van der Waals surface area contributed by atoms with Crippen molar-refractivity contribution in [1.29, 1.82) is 0 Å². The fourth-order valence-electron chi connectivity index (χ4n) is 2.34. The molecule has 0 atom stereocenters. The highest BCUT2D eigenvalue weighted by molar-refractivity contribution is 5.94. The van der Waals surface area contributed by atoms with Crippen molar-refractivity contribution in [2.24, 2.45) is 7.05 Å². The van der Waals surface area contributed by atoms with E-state index >= 15 is 0 Å². The van der Waals surface area contributed by atoms with Crippen LogP contribution in [0.25, 0.3) is 0 Å². The highest BCUT2D eigenvalue weighted by Crippen LogP contribution is 2.30. The van der Waals surface area contributed by atoms with Gasteiger partial charge in [0.25, 0.3) is 0 Å². The van der Waals surface area contributed by atoms with Crippen LogP contribution in [-0.4, -0.2) is 39.5 Å². The van der Waals surface area contributed by atoms with Crippen molar-refractivity contribution in [2.75, 3.05) is 13.1 Å². The fraction of sp³-hybridized carbons (Fsp3) is 0.571. The second-order valence-electron chi connectivity index (χ2n) is 5.45. The van der Waals surface area contributed by atoms with Crippen molar-refractivity contribution < 1.29 is 4.79 Å². The first-order chi connectivity index (χ1) is 9.16. The summed E-state index contributed by atoms with van der Waals surface area (Å²) in [6.45, 7) is 4.29. The molecule has 102 valence electrons. The lowest BCUT2D eigenvalue weighted by Crippen LogP contribution is -2.40. The number of aromatic nitrogens is 2. The third kappa shape index (κ3) is 2.42. The number of nitrogens with zero attached hydrogens (tertiary/aromatic N) is 3. The quantitative estimate of drug-likeness (QED) is 0.816. The largest absolute Gasteiger partial charge is 0.337 e. The van der Waals surface area contributed by atoms with Gasteiger partial charge in [0, 0.05) is 44.1 Å². The summed E-state index contributed by atoms with van der Waals surface area (Å²) in [6, 6.07) is 0.410. The van der Waals surface area contributed by atoms with Gasteiger partial charge < -0.3 is 14.8 Å². The minimum atomic E-state index is 0.182. The van der Waals surface area contributed by atoms with Crippen LogP contribution in [0.15, 0.2) is 23.5 Å². The molecule has 0 unspecified atom stereocenters.